The van der Waals surface area contributed by atoms with Crippen LogP contribution in [0.1, 0.15) is 77.0 Å². The Hall–Kier alpha value is -2.19. The summed E-state index contributed by atoms with van der Waals surface area (Å²) in [5.41, 5.74) is 1.25. The number of anilines is 1. The monoisotopic (exact) mass is 448 g/mol. The second-order valence-corrected chi connectivity index (χ2v) is 11.7. The molecule has 0 radical (unpaired) electrons. The predicted molar refractivity (Wildman–Crippen MR) is 125 cm³/mol. The molecular weight excluding hydrogens is 412 g/mol. The fraction of sp³-hybridized carbons (Fsp3) is 0.565. The molecule has 7 nitrogen and oxygen atoms in total. The average molecular weight is 449 g/mol. The van der Waals surface area contributed by atoms with Gasteiger partial charge in [-0.3, -0.25) is 4.79 Å². The highest BCUT2D eigenvalue weighted by molar-refractivity contribution is 7.89. The highest BCUT2D eigenvalue weighted by Crippen LogP contribution is 2.29. The molecule has 0 fully saturated rings. The maximum Gasteiger partial charge on any atom is 0.256 e. The van der Waals surface area contributed by atoms with Crippen LogP contribution in [0.15, 0.2) is 29.2 Å². The number of aryl methyl sites for hydroxylation is 1. The zero-order valence-electron chi connectivity index (χ0n) is 20.2. The summed E-state index contributed by atoms with van der Waals surface area (Å²) < 4.78 is 29.2. The molecule has 8 heteroatoms. The van der Waals surface area contributed by atoms with E-state index in [0.717, 1.165) is 5.69 Å². The van der Waals surface area contributed by atoms with Crippen molar-refractivity contribution in [2.75, 3.05) is 18.4 Å². The van der Waals surface area contributed by atoms with Crippen LogP contribution in [0.3, 0.4) is 0 Å². The topological polar surface area (TPSA) is 84.3 Å². The minimum atomic E-state index is -3.67. The van der Waals surface area contributed by atoms with Crippen LogP contribution in [0.5, 0.6) is 0 Å². The summed E-state index contributed by atoms with van der Waals surface area (Å²) in [4.78, 5) is 13.2. The Kier molecular flexibility index (Phi) is 7.07. The molecule has 0 saturated carbocycles. The first-order chi connectivity index (χ1) is 14.1. The number of carbonyl (C=O) groups is 1. The van der Waals surface area contributed by atoms with Crippen molar-refractivity contribution in [3.63, 3.8) is 0 Å². The van der Waals surface area contributed by atoms with Gasteiger partial charge in [-0.25, -0.2) is 13.1 Å². The van der Waals surface area contributed by atoms with Gasteiger partial charge in [0.05, 0.1) is 16.1 Å². The van der Waals surface area contributed by atoms with E-state index in [1.165, 1.54) is 10.4 Å². The van der Waals surface area contributed by atoms with Gasteiger partial charge in [-0.05, 0) is 45.4 Å². The molecule has 0 aliphatic rings. The molecule has 0 aliphatic heterocycles. The van der Waals surface area contributed by atoms with E-state index >= 15 is 0 Å². The number of rotatable bonds is 6. The Labute approximate surface area is 186 Å². The van der Waals surface area contributed by atoms with Gasteiger partial charge in [0, 0.05) is 30.1 Å². The number of sulfonamides is 1. The van der Waals surface area contributed by atoms with Crippen LogP contribution < -0.4 is 5.32 Å². The molecule has 1 aromatic heterocycles. The van der Waals surface area contributed by atoms with E-state index in [1.54, 1.807) is 37.6 Å². The molecule has 0 aliphatic carbocycles. The molecule has 0 atom stereocenters. The fourth-order valence-corrected chi connectivity index (χ4v) is 4.97. The molecule has 0 spiro atoms. The van der Waals surface area contributed by atoms with Gasteiger partial charge in [-0.15, -0.1) is 0 Å². The van der Waals surface area contributed by atoms with Gasteiger partial charge in [-0.1, -0.05) is 40.7 Å². The highest BCUT2D eigenvalue weighted by Gasteiger charge is 2.27. The SMILES string of the molecule is CCN(CC)S(=O)(=O)c1cc(C(=O)Nc2cc(C(C)(C)C)nn2C(C)(C)C)ccc1C. The molecule has 0 bridgehead atoms. The number of hydrogen-bond donors (Lipinski definition) is 1. The summed E-state index contributed by atoms with van der Waals surface area (Å²) >= 11 is 0. The van der Waals surface area contributed by atoms with E-state index in [4.69, 9.17) is 5.10 Å². The molecular formula is C23H36N4O3S. The minimum absolute atomic E-state index is 0.156. The van der Waals surface area contributed by atoms with Gasteiger partial charge in [0.25, 0.3) is 5.91 Å². The van der Waals surface area contributed by atoms with Crippen molar-refractivity contribution >= 4 is 21.7 Å². The lowest BCUT2D eigenvalue weighted by Crippen LogP contribution is -2.31. The molecule has 172 valence electrons. The standard InChI is InChI=1S/C23H36N4O3S/c1-10-26(11-2)31(29,30)18-14-17(13-12-16(18)3)21(28)24-20-15-19(22(4,5)6)25-27(20)23(7,8)9/h12-15H,10-11H2,1-9H3,(H,24,28). The third-order valence-corrected chi connectivity index (χ3v) is 7.32. The van der Waals surface area contributed by atoms with Crippen LogP contribution in [-0.4, -0.2) is 41.5 Å². The average Bonchev–Trinajstić information content (AvgIpc) is 3.07. The van der Waals surface area contributed by atoms with Gasteiger partial charge in [0.1, 0.15) is 5.82 Å². The van der Waals surface area contributed by atoms with E-state index < -0.39 is 10.0 Å². The summed E-state index contributed by atoms with van der Waals surface area (Å²) in [6.45, 7) is 18.3. The molecule has 2 aromatic rings. The first-order valence-electron chi connectivity index (χ1n) is 10.7. The van der Waals surface area contributed by atoms with E-state index in [2.05, 4.69) is 26.1 Å². The van der Waals surface area contributed by atoms with Gasteiger partial charge in [0.2, 0.25) is 10.0 Å². The Morgan fingerprint density at radius 3 is 2.13 bits per heavy atom. The molecule has 1 N–H and O–H groups in total. The van der Waals surface area contributed by atoms with Crippen LogP contribution >= 0.6 is 0 Å². The largest absolute Gasteiger partial charge is 0.307 e. The lowest BCUT2D eigenvalue weighted by atomic mass is 9.92. The quantitative estimate of drug-likeness (QED) is 0.704. The molecule has 0 unspecified atom stereocenters. The number of hydrogen-bond acceptors (Lipinski definition) is 4. The van der Waals surface area contributed by atoms with Gasteiger partial charge in [0.15, 0.2) is 0 Å². The third kappa shape index (κ3) is 5.36. The van der Waals surface area contributed by atoms with Crippen molar-refractivity contribution in [3.8, 4) is 0 Å². The normalized spacial score (nSPS) is 13.0. The zero-order valence-corrected chi connectivity index (χ0v) is 21.0. The number of amides is 1. The molecule has 1 heterocycles. The van der Waals surface area contributed by atoms with Crippen molar-refractivity contribution < 1.29 is 13.2 Å². The molecule has 1 amide bonds. The smallest absolute Gasteiger partial charge is 0.256 e. The van der Waals surface area contributed by atoms with Crippen LogP contribution in [0.4, 0.5) is 5.82 Å². The third-order valence-electron chi connectivity index (χ3n) is 5.13. The first-order valence-corrected chi connectivity index (χ1v) is 12.1. The van der Waals surface area contributed by atoms with E-state index in [0.29, 0.717) is 24.5 Å². The minimum Gasteiger partial charge on any atom is -0.307 e. The van der Waals surface area contributed by atoms with Crippen LogP contribution in [0, 0.1) is 6.92 Å². The molecule has 2 rings (SSSR count). The number of carbonyl (C=O) groups excluding carboxylic acids is 1. The van der Waals surface area contributed by atoms with Crippen LogP contribution in [0.25, 0.3) is 0 Å². The van der Waals surface area contributed by atoms with Crippen molar-refractivity contribution in [1.82, 2.24) is 14.1 Å². The summed E-state index contributed by atoms with van der Waals surface area (Å²) in [6.07, 6.45) is 0. The Morgan fingerprint density at radius 2 is 1.65 bits per heavy atom. The lowest BCUT2D eigenvalue weighted by molar-refractivity contribution is 0.102. The van der Waals surface area contributed by atoms with E-state index in [-0.39, 0.29) is 27.3 Å². The maximum absolute atomic E-state index is 13.1. The molecule has 1 aromatic carbocycles. The first kappa shape index (κ1) is 25.1. The van der Waals surface area contributed by atoms with Crippen LogP contribution in [0.2, 0.25) is 0 Å². The Morgan fingerprint density at radius 1 is 1.06 bits per heavy atom. The van der Waals surface area contributed by atoms with Crippen molar-refractivity contribution in [2.24, 2.45) is 0 Å². The number of nitrogens with one attached hydrogen (secondary N) is 1. The zero-order chi connectivity index (χ0) is 23.8. The lowest BCUT2D eigenvalue weighted by Gasteiger charge is -2.23. The molecule has 0 saturated heterocycles. The maximum atomic E-state index is 13.1. The van der Waals surface area contributed by atoms with E-state index in [9.17, 15) is 13.2 Å². The second kappa shape index (κ2) is 8.74. The Balaban J connectivity index is 2.48. The predicted octanol–water partition coefficient (Wildman–Crippen LogP) is 4.53. The summed E-state index contributed by atoms with van der Waals surface area (Å²) in [5.74, 6) is 0.206. The van der Waals surface area contributed by atoms with Gasteiger partial charge >= 0.3 is 0 Å². The van der Waals surface area contributed by atoms with Crippen molar-refractivity contribution in [1.29, 1.82) is 0 Å². The number of nitrogens with zero attached hydrogens (tertiary/aromatic N) is 3. The number of benzene rings is 1. The molecule has 31 heavy (non-hydrogen) atoms. The summed E-state index contributed by atoms with van der Waals surface area (Å²) in [5, 5.41) is 7.65. The van der Waals surface area contributed by atoms with Crippen molar-refractivity contribution in [2.45, 2.75) is 78.2 Å². The fourth-order valence-electron chi connectivity index (χ4n) is 3.26. The van der Waals surface area contributed by atoms with Crippen LogP contribution in [-0.2, 0) is 21.0 Å². The Bertz CT molecular complexity index is 1050. The van der Waals surface area contributed by atoms with Crippen molar-refractivity contribution in [3.05, 3.63) is 41.1 Å². The summed E-state index contributed by atoms with van der Waals surface area (Å²) in [7, 11) is -3.67. The van der Waals surface area contributed by atoms with Gasteiger partial charge < -0.3 is 5.32 Å². The van der Waals surface area contributed by atoms with Gasteiger partial charge in [-0.2, -0.15) is 9.40 Å². The number of aromatic nitrogens is 2. The second-order valence-electron chi connectivity index (χ2n) is 9.77. The van der Waals surface area contributed by atoms with E-state index in [1.807, 2.05) is 26.8 Å². The highest BCUT2D eigenvalue weighted by atomic mass is 32.2. The summed E-state index contributed by atoms with van der Waals surface area (Å²) in [6, 6.07) is 6.66.